The summed E-state index contributed by atoms with van der Waals surface area (Å²) < 4.78 is 16.6. The summed E-state index contributed by atoms with van der Waals surface area (Å²) in [6, 6.07) is 1.07. The first-order valence-corrected chi connectivity index (χ1v) is 9.99. The number of nitrogens with zero attached hydrogens (tertiary/aromatic N) is 6. The smallest absolute Gasteiger partial charge is 0.269 e. The van der Waals surface area contributed by atoms with Crippen LogP contribution in [0.25, 0.3) is 11.3 Å². The van der Waals surface area contributed by atoms with Crippen molar-refractivity contribution in [2.45, 2.75) is 26.3 Å². The number of pyridine rings is 1. The Balaban J connectivity index is 1.45. The van der Waals surface area contributed by atoms with E-state index in [1.165, 1.54) is 23.4 Å². The summed E-state index contributed by atoms with van der Waals surface area (Å²) in [5, 5.41) is 4.35. The summed E-state index contributed by atoms with van der Waals surface area (Å²) in [6.45, 7) is 4.18. The molecule has 10 heteroatoms. The van der Waals surface area contributed by atoms with Crippen LogP contribution in [0.2, 0.25) is 0 Å². The van der Waals surface area contributed by atoms with Crippen LogP contribution in [-0.4, -0.2) is 43.1 Å². The Kier molecular flexibility index (Phi) is 4.31. The van der Waals surface area contributed by atoms with Crippen molar-refractivity contribution in [3.8, 4) is 11.3 Å². The zero-order valence-electron chi connectivity index (χ0n) is 17.0. The number of carbonyl (C=O) groups excluding carboxylic acids is 2. The van der Waals surface area contributed by atoms with Gasteiger partial charge in [0.25, 0.3) is 5.91 Å². The van der Waals surface area contributed by atoms with Crippen molar-refractivity contribution in [1.29, 1.82) is 0 Å². The number of aromatic nitrogens is 5. The molecule has 3 aromatic heterocycles. The lowest BCUT2D eigenvalue weighted by Crippen LogP contribution is -2.30. The van der Waals surface area contributed by atoms with Gasteiger partial charge in [0.1, 0.15) is 5.69 Å². The summed E-state index contributed by atoms with van der Waals surface area (Å²) in [5.41, 5.74) is 7.59. The lowest BCUT2D eigenvalue weighted by Gasteiger charge is -2.21. The fourth-order valence-corrected chi connectivity index (χ4v) is 4.21. The Morgan fingerprint density at radius 1 is 1.32 bits per heavy atom. The number of aryl methyl sites for hydroxylation is 1. The van der Waals surface area contributed by atoms with Crippen LogP contribution in [0.1, 0.15) is 41.1 Å². The van der Waals surface area contributed by atoms with Gasteiger partial charge in [-0.25, -0.2) is 14.4 Å². The SMILES string of the molecule is Cc1nc(N2C[C@H]3C[C@H]3C2=O)c(F)cc1C(C)n1cc(-c2nccnc2C(N)=O)cn1. The zero-order chi connectivity index (χ0) is 21.9. The molecule has 9 nitrogen and oxygen atoms in total. The molecule has 4 heterocycles. The number of fused-ring (bicyclic) bond motifs is 1. The van der Waals surface area contributed by atoms with Crippen LogP contribution < -0.4 is 10.6 Å². The van der Waals surface area contributed by atoms with Gasteiger partial charge in [0.15, 0.2) is 17.3 Å². The van der Waals surface area contributed by atoms with Gasteiger partial charge in [-0.3, -0.25) is 24.2 Å². The van der Waals surface area contributed by atoms with Crippen LogP contribution in [-0.2, 0) is 4.79 Å². The highest BCUT2D eigenvalue weighted by Gasteiger charge is 2.53. The number of nitrogens with two attached hydrogens (primary N) is 1. The number of amides is 2. The van der Waals surface area contributed by atoms with E-state index in [0.29, 0.717) is 35.0 Å². The van der Waals surface area contributed by atoms with Crippen molar-refractivity contribution in [3.63, 3.8) is 0 Å². The molecule has 1 unspecified atom stereocenters. The van der Waals surface area contributed by atoms with E-state index >= 15 is 0 Å². The number of hydrogen-bond donors (Lipinski definition) is 1. The maximum Gasteiger partial charge on any atom is 0.269 e. The molecule has 3 aromatic rings. The minimum Gasteiger partial charge on any atom is -0.364 e. The molecule has 2 aliphatic rings. The number of primary amides is 1. The topological polar surface area (TPSA) is 120 Å². The van der Waals surface area contributed by atoms with E-state index in [1.54, 1.807) is 24.0 Å². The van der Waals surface area contributed by atoms with Crippen molar-refractivity contribution in [2.24, 2.45) is 17.6 Å². The third-order valence-corrected chi connectivity index (χ3v) is 6.02. The zero-order valence-corrected chi connectivity index (χ0v) is 17.0. The summed E-state index contributed by atoms with van der Waals surface area (Å²) in [5.74, 6) is -0.786. The van der Waals surface area contributed by atoms with E-state index in [0.717, 1.165) is 6.42 Å². The van der Waals surface area contributed by atoms with Crippen molar-refractivity contribution < 1.29 is 14.0 Å². The number of halogens is 1. The molecule has 0 radical (unpaired) electrons. The summed E-state index contributed by atoms with van der Waals surface area (Å²) in [6.07, 6.45) is 7.01. The quantitative estimate of drug-likeness (QED) is 0.672. The second kappa shape index (κ2) is 6.93. The van der Waals surface area contributed by atoms with E-state index in [-0.39, 0.29) is 29.4 Å². The molecule has 1 aliphatic carbocycles. The highest BCUT2D eigenvalue weighted by Crippen LogP contribution is 2.47. The third-order valence-electron chi connectivity index (χ3n) is 6.02. The van der Waals surface area contributed by atoms with E-state index in [9.17, 15) is 14.0 Å². The Hall–Kier alpha value is -3.69. The molecule has 0 bridgehead atoms. The van der Waals surface area contributed by atoms with Gasteiger partial charge in [0, 0.05) is 47.9 Å². The van der Waals surface area contributed by atoms with Gasteiger partial charge in [-0.1, -0.05) is 0 Å². The van der Waals surface area contributed by atoms with Gasteiger partial charge in [-0.2, -0.15) is 5.10 Å². The van der Waals surface area contributed by atoms with Crippen molar-refractivity contribution in [3.05, 3.63) is 53.6 Å². The maximum absolute atomic E-state index is 14.9. The number of rotatable bonds is 5. The van der Waals surface area contributed by atoms with Crippen LogP contribution in [0, 0.1) is 24.6 Å². The molecule has 158 valence electrons. The Bertz CT molecular complexity index is 1220. The van der Waals surface area contributed by atoms with E-state index < -0.39 is 11.7 Å². The average molecular weight is 421 g/mol. The van der Waals surface area contributed by atoms with E-state index in [1.807, 2.05) is 6.92 Å². The molecule has 31 heavy (non-hydrogen) atoms. The summed E-state index contributed by atoms with van der Waals surface area (Å²) >= 11 is 0. The molecule has 1 aliphatic heterocycles. The highest BCUT2D eigenvalue weighted by atomic mass is 19.1. The van der Waals surface area contributed by atoms with Gasteiger partial charge in [0.2, 0.25) is 5.91 Å². The van der Waals surface area contributed by atoms with Gasteiger partial charge in [-0.15, -0.1) is 0 Å². The minimum atomic E-state index is -0.685. The van der Waals surface area contributed by atoms with Crippen LogP contribution in [0.5, 0.6) is 0 Å². The normalized spacial score (nSPS) is 20.6. The Labute approximate surface area is 177 Å². The Morgan fingerprint density at radius 2 is 2.10 bits per heavy atom. The molecular formula is C21H20FN7O2. The van der Waals surface area contributed by atoms with Gasteiger partial charge in [-0.05, 0) is 32.3 Å². The van der Waals surface area contributed by atoms with Gasteiger partial charge >= 0.3 is 0 Å². The lowest BCUT2D eigenvalue weighted by molar-refractivity contribution is -0.118. The molecule has 5 rings (SSSR count). The molecule has 1 saturated carbocycles. The Morgan fingerprint density at radius 3 is 2.81 bits per heavy atom. The monoisotopic (exact) mass is 421 g/mol. The molecular weight excluding hydrogens is 401 g/mol. The second-order valence-corrected chi connectivity index (χ2v) is 8.02. The number of hydrogen-bond acceptors (Lipinski definition) is 6. The fraction of sp³-hybridized carbons (Fsp3) is 0.333. The molecule has 0 spiro atoms. The van der Waals surface area contributed by atoms with Crippen molar-refractivity contribution in [1.82, 2.24) is 24.7 Å². The first-order valence-electron chi connectivity index (χ1n) is 9.99. The van der Waals surface area contributed by atoms with E-state index in [4.69, 9.17) is 5.73 Å². The third kappa shape index (κ3) is 3.15. The second-order valence-electron chi connectivity index (χ2n) is 8.02. The van der Waals surface area contributed by atoms with Crippen molar-refractivity contribution >= 4 is 17.6 Å². The average Bonchev–Trinajstić information content (AvgIpc) is 3.22. The predicted molar refractivity (Wildman–Crippen MR) is 108 cm³/mol. The molecule has 1 saturated heterocycles. The summed E-state index contributed by atoms with van der Waals surface area (Å²) in [4.78, 5) is 38.0. The van der Waals surface area contributed by atoms with Gasteiger partial charge in [0.05, 0.1) is 12.2 Å². The lowest BCUT2D eigenvalue weighted by atomic mass is 10.1. The van der Waals surface area contributed by atoms with E-state index in [2.05, 4.69) is 20.1 Å². The maximum atomic E-state index is 14.9. The molecule has 3 atom stereocenters. The first kappa shape index (κ1) is 19.3. The molecule has 2 N–H and O–H groups in total. The molecule has 2 amide bonds. The molecule has 0 aromatic carbocycles. The largest absolute Gasteiger partial charge is 0.364 e. The highest BCUT2D eigenvalue weighted by molar-refractivity contribution is 5.99. The fourth-order valence-electron chi connectivity index (χ4n) is 4.21. The minimum absolute atomic E-state index is 0.0361. The van der Waals surface area contributed by atoms with Crippen LogP contribution in [0.4, 0.5) is 10.2 Å². The number of carbonyl (C=O) groups is 2. The predicted octanol–water partition coefficient (Wildman–Crippen LogP) is 1.87. The van der Waals surface area contributed by atoms with Crippen LogP contribution in [0.3, 0.4) is 0 Å². The molecule has 2 fully saturated rings. The summed E-state index contributed by atoms with van der Waals surface area (Å²) in [7, 11) is 0. The van der Waals surface area contributed by atoms with Gasteiger partial charge < -0.3 is 5.73 Å². The number of anilines is 1. The van der Waals surface area contributed by atoms with Crippen molar-refractivity contribution in [2.75, 3.05) is 11.4 Å². The van der Waals surface area contributed by atoms with Crippen LogP contribution >= 0.6 is 0 Å². The standard InChI is InChI=1S/C21H20FN7O2/c1-10-14(6-16(22)20(27-10)28-8-12-5-15(12)21(28)31)11(2)29-9-13(7-26-29)17-18(19(23)30)25-4-3-24-17/h3-4,6-7,9,11-12,15H,5,8H2,1-2H3,(H2,23,30)/t11?,12-,15-/m1/s1. The van der Waals surface area contributed by atoms with Crippen LogP contribution in [0.15, 0.2) is 30.9 Å². The number of piperidine rings is 1. The first-order chi connectivity index (χ1) is 14.8.